The molecule has 0 fully saturated rings. The Bertz CT molecular complexity index is 1040. The average molecular weight is 398 g/mol. The van der Waals surface area contributed by atoms with Crippen LogP contribution in [0.15, 0.2) is 41.1 Å². The lowest BCUT2D eigenvalue weighted by atomic mass is 10.0. The van der Waals surface area contributed by atoms with E-state index in [0.29, 0.717) is 12.0 Å². The summed E-state index contributed by atoms with van der Waals surface area (Å²) in [5.41, 5.74) is 1.31. The van der Waals surface area contributed by atoms with E-state index in [1.807, 2.05) is 38.1 Å². The molecule has 0 aliphatic heterocycles. The Morgan fingerprint density at radius 1 is 1.21 bits per heavy atom. The highest BCUT2D eigenvalue weighted by Gasteiger charge is 2.24. The number of hydrogen-bond acceptors (Lipinski definition) is 5. The van der Waals surface area contributed by atoms with Crippen LogP contribution in [-0.4, -0.2) is 39.4 Å². The van der Waals surface area contributed by atoms with Gasteiger partial charge in [0.05, 0.1) is 5.56 Å². The predicted octanol–water partition coefficient (Wildman–Crippen LogP) is 2.49. The van der Waals surface area contributed by atoms with Crippen molar-refractivity contribution in [2.24, 2.45) is 5.92 Å². The van der Waals surface area contributed by atoms with Crippen molar-refractivity contribution in [3.8, 4) is 0 Å². The van der Waals surface area contributed by atoms with Crippen LogP contribution in [0.1, 0.15) is 53.0 Å². The highest BCUT2D eigenvalue weighted by molar-refractivity contribution is 6.06. The topological polar surface area (TPSA) is 137 Å². The third-order valence-corrected chi connectivity index (χ3v) is 4.30. The largest absolute Gasteiger partial charge is 0.480 e. The van der Waals surface area contributed by atoms with Gasteiger partial charge in [-0.05, 0) is 18.4 Å². The Morgan fingerprint density at radius 2 is 1.97 bits per heavy atom. The smallest absolute Gasteiger partial charge is 0.322 e. The van der Waals surface area contributed by atoms with E-state index >= 15 is 0 Å². The first-order valence-corrected chi connectivity index (χ1v) is 9.17. The summed E-state index contributed by atoms with van der Waals surface area (Å²) in [6.45, 7) is 3.47. The van der Waals surface area contributed by atoms with Gasteiger partial charge in [-0.2, -0.15) is 0 Å². The first kappa shape index (κ1) is 20.1. The van der Waals surface area contributed by atoms with Gasteiger partial charge in [0.25, 0.3) is 11.8 Å². The standard InChI is InChI=1S/C20H22N4O5/c1-11(2)7-15(20-24-16(10-29-20)19(28)22-9-17(25)26)23-18(27)13-8-21-14-6-4-3-5-12(13)14/h3-6,8,10-11,15,21H,7,9H2,1-2H3,(H,22,28)(H,23,27)(H,25,26)/t15-/m0/s1. The van der Waals surface area contributed by atoms with E-state index < -0.39 is 24.5 Å². The molecule has 4 N–H and O–H groups in total. The number of nitrogens with one attached hydrogen (secondary N) is 3. The van der Waals surface area contributed by atoms with E-state index in [1.165, 1.54) is 0 Å². The number of fused-ring (bicyclic) bond motifs is 1. The maximum absolute atomic E-state index is 12.9. The van der Waals surface area contributed by atoms with Crippen LogP contribution in [0, 0.1) is 5.92 Å². The molecule has 2 amide bonds. The fraction of sp³-hybridized carbons (Fsp3) is 0.300. The number of oxazole rings is 1. The van der Waals surface area contributed by atoms with Crippen LogP contribution in [0.4, 0.5) is 0 Å². The van der Waals surface area contributed by atoms with Gasteiger partial charge in [0.2, 0.25) is 5.89 Å². The molecule has 152 valence electrons. The summed E-state index contributed by atoms with van der Waals surface area (Å²) < 4.78 is 5.42. The maximum Gasteiger partial charge on any atom is 0.322 e. The van der Waals surface area contributed by atoms with E-state index in [-0.39, 0.29) is 23.4 Å². The zero-order chi connectivity index (χ0) is 21.0. The molecule has 0 aliphatic rings. The number of carboxylic acids is 1. The minimum absolute atomic E-state index is 0.0450. The van der Waals surface area contributed by atoms with Crippen molar-refractivity contribution < 1.29 is 23.9 Å². The van der Waals surface area contributed by atoms with Crippen molar-refractivity contribution in [1.82, 2.24) is 20.6 Å². The number of hydrogen-bond donors (Lipinski definition) is 4. The van der Waals surface area contributed by atoms with Crippen LogP contribution in [0.2, 0.25) is 0 Å². The van der Waals surface area contributed by atoms with Crippen LogP contribution in [0.25, 0.3) is 10.9 Å². The molecule has 3 rings (SSSR count). The Morgan fingerprint density at radius 3 is 2.69 bits per heavy atom. The minimum atomic E-state index is -1.16. The molecule has 0 radical (unpaired) electrons. The second-order valence-corrected chi connectivity index (χ2v) is 7.05. The molecule has 0 aliphatic carbocycles. The summed E-state index contributed by atoms with van der Waals surface area (Å²) in [6, 6.07) is 6.93. The molecule has 0 saturated carbocycles. The van der Waals surface area contributed by atoms with Gasteiger partial charge in [-0.25, -0.2) is 4.98 Å². The Hall–Kier alpha value is -3.62. The Balaban J connectivity index is 1.79. The van der Waals surface area contributed by atoms with Crippen molar-refractivity contribution in [1.29, 1.82) is 0 Å². The summed E-state index contributed by atoms with van der Waals surface area (Å²) in [7, 11) is 0. The number of carbonyl (C=O) groups excluding carboxylic acids is 2. The Labute approximate surface area is 166 Å². The quantitative estimate of drug-likeness (QED) is 0.460. The summed E-state index contributed by atoms with van der Waals surface area (Å²) in [4.78, 5) is 42.6. The summed E-state index contributed by atoms with van der Waals surface area (Å²) in [5, 5.41) is 14.6. The van der Waals surface area contributed by atoms with Crippen molar-refractivity contribution in [3.63, 3.8) is 0 Å². The second kappa shape index (κ2) is 8.59. The van der Waals surface area contributed by atoms with E-state index in [9.17, 15) is 14.4 Å². The fourth-order valence-corrected chi connectivity index (χ4v) is 2.99. The SMILES string of the molecule is CC(C)C[C@H](NC(=O)c1c[nH]c2ccccc12)c1nc(C(=O)NCC(=O)O)co1. The number of aliphatic carboxylic acids is 1. The number of amides is 2. The Kier molecular flexibility index (Phi) is 5.96. The lowest BCUT2D eigenvalue weighted by Gasteiger charge is -2.17. The van der Waals surface area contributed by atoms with Crippen molar-refractivity contribution in [2.45, 2.75) is 26.3 Å². The second-order valence-electron chi connectivity index (χ2n) is 7.05. The number of benzene rings is 1. The molecule has 29 heavy (non-hydrogen) atoms. The zero-order valence-corrected chi connectivity index (χ0v) is 16.1. The first-order valence-electron chi connectivity index (χ1n) is 9.17. The normalized spacial score (nSPS) is 12.1. The maximum atomic E-state index is 12.9. The highest BCUT2D eigenvalue weighted by atomic mass is 16.4. The van der Waals surface area contributed by atoms with Crippen LogP contribution >= 0.6 is 0 Å². The van der Waals surface area contributed by atoms with Crippen LogP contribution < -0.4 is 10.6 Å². The van der Waals surface area contributed by atoms with Gasteiger partial charge in [0, 0.05) is 17.1 Å². The van der Waals surface area contributed by atoms with E-state index in [4.69, 9.17) is 9.52 Å². The molecule has 0 spiro atoms. The molecule has 0 unspecified atom stereocenters. The van der Waals surface area contributed by atoms with Gasteiger partial charge < -0.3 is 25.1 Å². The summed E-state index contributed by atoms with van der Waals surface area (Å²) >= 11 is 0. The predicted molar refractivity (Wildman–Crippen MR) is 104 cm³/mol. The number of para-hydroxylation sites is 1. The fourth-order valence-electron chi connectivity index (χ4n) is 2.99. The van der Waals surface area contributed by atoms with Gasteiger partial charge in [-0.15, -0.1) is 0 Å². The lowest BCUT2D eigenvalue weighted by molar-refractivity contribution is -0.135. The molecule has 1 atom stereocenters. The molecular weight excluding hydrogens is 376 g/mol. The highest BCUT2D eigenvalue weighted by Crippen LogP contribution is 2.23. The van der Waals surface area contributed by atoms with Gasteiger partial charge >= 0.3 is 5.97 Å². The third kappa shape index (κ3) is 4.81. The van der Waals surface area contributed by atoms with Crippen LogP contribution in [0.5, 0.6) is 0 Å². The van der Waals surface area contributed by atoms with E-state index in [0.717, 1.165) is 17.2 Å². The average Bonchev–Trinajstić information content (AvgIpc) is 3.32. The molecule has 2 heterocycles. The van der Waals surface area contributed by atoms with Crippen molar-refractivity contribution >= 4 is 28.7 Å². The molecular formula is C20H22N4O5. The number of aromatic amines is 1. The van der Waals surface area contributed by atoms with Crippen LogP contribution in [-0.2, 0) is 4.79 Å². The van der Waals surface area contributed by atoms with E-state index in [2.05, 4.69) is 20.6 Å². The van der Waals surface area contributed by atoms with E-state index in [1.54, 1.807) is 6.20 Å². The van der Waals surface area contributed by atoms with Crippen molar-refractivity contribution in [3.05, 3.63) is 53.9 Å². The summed E-state index contributed by atoms with van der Waals surface area (Å²) in [5.74, 6) is -1.70. The molecule has 1 aromatic carbocycles. The number of carbonyl (C=O) groups is 3. The number of aromatic nitrogens is 2. The van der Waals surface area contributed by atoms with Gasteiger partial charge in [-0.3, -0.25) is 14.4 Å². The summed E-state index contributed by atoms with van der Waals surface area (Å²) in [6.07, 6.45) is 3.34. The molecule has 0 bridgehead atoms. The molecule has 9 heteroatoms. The van der Waals surface area contributed by atoms with Gasteiger partial charge in [0.15, 0.2) is 5.69 Å². The monoisotopic (exact) mass is 398 g/mol. The lowest BCUT2D eigenvalue weighted by Crippen LogP contribution is -2.31. The first-order chi connectivity index (χ1) is 13.8. The number of carboxylic acid groups (broad SMARTS) is 1. The molecule has 3 aromatic rings. The van der Waals surface area contributed by atoms with Crippen LogP contribution in [0.3, 0.4) is 0 Å². The molecule has 0 saturated heterocycles. The number of rotatable bonds is 8. The van der Waals surface area contributed by atoms with Crippen molar-refractivity contribution in [2.75, 3.05) is 6.54 Å². The minimum Gasteiger partial charge on any atom is -0.480 e. The zero-order valence-electron chi connectivity index (χ0n) is 16.1. The third-order valence-electron chi connectivity index (χ3n) is 4.30. The number of H-pyrrole nitrogens is 1. The van der Waals surface area contributed by atoms with Gasteiger partial charge in [0.1, 0.15) is 18.8 Å². The number of nitrogens with zero attached hydrogens (tertiary/aromatic N) is 1. The molecule has 9 nitrogen and oxygen atoms in total. The van der Waals surface area contributed by atoms with Gasteiger partial charge in [-0.1, -0.05) is 32.0 Å². The molecule has 2 aromatic heterocycles.